The van der Waals surface area contributed by atoms with Crippen LogP contribution in [0.25, 0.3) is 10.6 Å². The molecule has 4 nitrogen and oxygen atoms in total. The fourth-order valence-corrected chi connectivity index (χ4v) is 3.26. The van der Waals surface area contributed by atoms with Crippen LogP contribution in [0.5, 0.6) is 0 Å². The Morgan fingerprint density at radius 3 is 2.62 bits per heavy atom. The third-order valence-electron chi connectivity index (χ3n) is 3.44. The molecule has 2 aromatic carbocycles. The molecule has 1 amide bonds. The first-order valence-electron chi connectivity index (χ1n) is 7.34. The van der Waals surface area contributed by atoms with Crippen molar-refractivity contribution < 1.29 is 4.79 Å². The van der Waals surface area contributed by atoms with Crippen molar-refractivity contribution in [2.75, 3.05) is 24.3 Å². The highest BCUT2D eigenvalue weighted by molar-refractivity contribution is 7.17. The lowest BCUT2D eigenvalue weighted by Crippen LogP contribution is -2.16. The van der Waals surface area contributed by atoms with Gasteiger partial charge in [-0.05, 0) is 18.2 Å². The summed E-state index contributed by atoms with van der Waals surface area (Å²) in [6.45, 7) is 0. The first kappa shape index (κ1) is 16.5. The van der Waals surface area contributed by atoms with Crippen molar-refractivity contribution >= 4 is 40.2 Å². The van der Waals surface area contributed by atoms with Crippen molar-refractivity contribution in [2.45, 2.75) is 0 Å². The van der Waals surface area contributed by atoms with E-state index in [0.717, 1.165) is 16.3 Å². The molecule has 0 unspecified atom stereocenters. The lowest BCUT2D eigenvalue weighted by molar-refractivity contribution is 0.103. The van der Waals surface area contributed by atoms with Gasteiger partial charge in [-0.1, -0.05) is 41.9 Å². The van der Waals surface area contributed by atoms with Crippen LogP contribution in [0.2, 0.25) is 5.02 Å². The molecule has 0 radical (unpaired) electrons. The number of halogens is 1. The predicted molar refractivity (Wildman–Crippen MR) is 101 cm³/mol. The van der Waals surface area contributed by atoms with Crippen LogP contribution >= 0.6 is 22.9 Å². The molecule has 0 aliphatic heterocycles. The van der Waals surface area contributed by atoms with E-state index in [1.807, 2.05) is 55.4 Å². The molecule has 0 aliphatic rings. The Labute approximate surface area is 149 Å². The predicted octanol–water partition coefficient (Wildman–Crippen LogP) is 4.78. The lowest BCUT2D eigenvalue weighted by Gasteiger charge is -2.17. The summed E-state index contributed by atoms with van der Waals surface area (Å²) in [6.07, 6.45) is 1.60. The largest absolute Gasteiger partial charge is 0.376 e. The molecule has 0 aliphatic carbocycles. The Hall–Kier alpha value is -2.37. The van der Waals surface area contributed by atoms with Crippen molar-refractivity contribution in [2.24, 2.45) is 0 Å². The van der Waals surface area contributed by atoms with Gasteiger partial charge in [-0.2, -0.15) is 0 Å². The number of amides is 1. The molecule has 0 bridgehead atoms. The zero-order chi connectivity index (χ0) is 17.1. The summed E-state index contributed by atoms with van der Waals surface area (Å²) < 4.78 is 0. The van der Waals surface area contributed by atoms with Gasteiger partial charge >= 0.3 is 0 Å². The van der Waals surface area contributed by atoms with Crippen molar-refractivity contribution in [3.63, 3.8) is 0 Å². The highest BCUT2D eigenvalue weighted by Crippen LogP contribution is 2.30. The second-order valence-corrected chi connectivity index (χ2v) is 6.87. The Morgan fingerprint density at radius 1 is 1.17 bits per heavy atom. The SMILES string of the molecule is CN(C)c1ccc(Cl)cc1NC(=O)c1cnc(-c2ccccc2)s1. The number of carbonyl (C=O) groups excluding carboxylic acids is 1. The topological polar surface area (TPSA) is 45.2 Å². The van der Waals surface area contributed by atoms with Gasteiger partial charge in [0.15, 0.2) is 0 Å². The summed E-state index contributed by atoms with van der Waals surface area (Å²) in [7, 11) is 3.83. The van der Waals surface area contributed by atoms with Gasteiger partial charge in [0, 0.05) is 24.7 Å². The third kappa shape index (κ3) is 3.58. The van der Waals surface area contributed by atoms with Crippen LogP contribution in [0.1, 0.15) is 9.67 Å². The quantitative estimate of drug-likeness (QED) is 0.730. The number of hydrogen-bond acceptors (Lipinski definition) is 4. The van der Waals surface area contributed by atoms with Crippen LogP contribution in [0, 0.1) is 0 Å². The van der Waals surface area contributed by atoms with Gasteiger partial charge in [-0.3, -0.25) is 4.79 Å². The number of hydrogen-bond donors (Lipinski definition) is 1. The van der Waals surface area contributed by atoms with E-state index >= 15 is 0 Å². The van der Waals surface area contributed by atoms with Gasteiger partial charge in [0.2, 0.25) is 0 Å². The van der Waals surface area contributed by atoms with Crippen LogP contribution in [-0.2, 0) is 0 Å². The van der Waals surface area contributed by atoms with Gasteiger partial charge in [0.25, 0.3) is 5.91 Å². The molecular weight excluding hydrogens is 342 g/mol. The van der Waals surface area contributed by atoms with E-state index in [1.165, 1.54) is 11.3 Å². The molecule has 24 heavy (non-hydrogen) atoms. The maximum Gasteiger partial charge on any atom is 0.267 e. The molecule has 1 heterocycles. The smallest absolute Gasteiger partial charge is 0.267 e. The maximum atomic E-state index is 12.5. The fourth-order valence-electron chi connectivity index (χ4n) is 2.28. The van der Waals surface area contributed by atoms with Crippen molar-refractivity contribution in [1.82, 2.24) is 4.98 Å². The van der Waals surface area contributed by atoms with E-state index in [1.54, 1.807) is 18.3 Å². The van der Waals surface area contributed by atoms with Crippen molar-refractivity contribution in [3.05, 3.63) is 64.6 Å². The summed E-state index contributed by atoms with van der Waals surface area (Å²) >= 11 is 7.42. The monoisotopic (exact) mass is 357 g/mol. The van der Waals surface area contributed by atoms with Gasteiger partial charge in [0.05, 0.1) is 17.6 Å². The molecule has 0 atom stereocenters. The maximum absolute atomic E-state index is 12.5. The van der Waals surface area contributed by atoms with E-state index in [-0.39, 0.29) is 5.91 Å². The van der Waals surface area contributed by atoms with Crippen LogP contribution in [0.4, 0.5) is 11.4 Å². The summed E-state index contributed by atoms with van der Waals surface area (Å²) in [5.74, 6) is -0.194. The third-order valence-corrected chi connectivity index (χ3v) is 4.72. The molecule has 1 N–H and O–H groups in total. The molecule has 1 aromatic heterocycles. The number of nitrogens with one attached hydrogen (secondary N) is 1. The van der Waals surface area contributed by atoms with E-state index in [9.17, 15) is 4.79 Å². The highest BCUT2D eigenvalue weighted by Gasteiger charge is 2.14. The zero-order valence-electron chi connectivity index (χ0n) is 13.3. The molecule has 6 heteroatoms. The number of nitrogens with zero attached hydrogens (tertiary/aromatic N) is 2. The van der Waals surface area contributed by atoms with Crippen LogP contribution in [0.3, 0.4) is 0 Å². The molecule has 0 spiro atoms. The number of rotatable bonds is 4. The summed E-state index contributed by atoms with van der Waals surface area (Å²) in [5, 5.41) is 4.31. The molecule has 122 valence electrons. The zero-order valence-corrected chi connectivity index (χ0v) is 14.9. The Bertz CT molecular complexity index is 862. The first-order valence-corrected chi connectivity index (χ1v) is 8.53. The second kappa shape index (κ2) is 7.03. The summed E-state index contributed by atoms with van der Waals surface area (Å²) in [6, 6.07) is 15.2. The van der Waals surface area contributed by atoms with Crippen LogP contribution < -0.4 is 10.2 Å². The lowest BCUT2D eigenvalue weighted by atomic mass is 10.2. The number of benzene rings is 2. The molecule has 0 fully saturated rings. The Kier molecular flexibility index (Phi) is 4.83. The Balaban J connectivity index is 1.84. The average Bonchev–Trinajstić information content (AvgIpc) is 3.05. The minimum Gasteiger partial charge on any atom is -0.376 e. The summed E-state index contributed by atoms with van der Waals surface area (Å²) in [5.41, 5.74) is 2.56. The standard InChI is InChI=1S/C18H16ClN3OS/c1-22(2)15-9-8-13(19)10-14(15)21-17(23)16-11-20-18(24-16)12-6-4-3-5-7-12/h3-11H,1-2H3,(H,21,23). The normalized spacial score (nSPS) is 10.5. The van der Waals surface area contributed by atoms with Crippen LogP contribution in [-0.4, -0.2) is 25.0 Å². The molecule has 0 saturated carbocycles. The molecular formula is C18H16ClN3OS. The van der Waals surface area contributed by atoms with Crippen molar-refractivity contribution in [1.29, 1.82) is 0 Å². The number of thiazole rings is 1. The molecule has 3 aromatic rings. The highest BCUT2D eigenvalue weighted by atomic mass is 35.5. The average molecular weight is 358 g/mol. The Morgan fingerprint density at radius 2 is 1.92 bits per heavy atom. The number of aromatic nitrogens is 1. The number of anilines is 2. The molecule has 0 saturated heterocycles. The molecule has 3 rings (SSSR count). The van der Waals surface area contributed by atoms with E-state index in [4.69, 9.17) is 11.6 Å². The first-order chi connectivity index (χ1) is 11.5. The van der Waals surface area contributed by atoms with E-state index in [0.29, 0.717) is 15.6 Å². The summed E-state index contributed by atoms with van der Waals surface area (Å²) in [4.78, 5) is 19.4. The second-order valence-electron chi connectivity index (χ2n) is 5.41. The minimum atomic E-state index is -0.194. The number of carbonyl (C=O) groups is 1. The van der Waals surface area contributed by atoms with Gasteiger partial charge in [-0.15, -0.1) is 11.3 Å². The van der Waals surface area contributed by atoms with Crippen molar-refractivity contribution in [3.8, 4) is 10.6 Å². The minimum absolute atomic E-state index is 0.194. The van der Waals surface area contributed by atoms with Gasteiger partial charge < -0.3 is 10.2 Å². The van der Waals surface area contributed by atoms with E-state index < -0.39 is 0 Å². The van der Waals surface area contributed by atoms with Crippen LogP contribution in [0.15, 0.2) is 54.7 Å². The van der Waals surface area contributed by atoms with Gasteiger partial charge in [0.1, 0.15) is 9.88 Å². The van der Waals surface area contributed by atoms with Gasteiger partial charge in [-0.25, -0.2) is 4.98 Å². The fraction of sp³-hybridized carbons (Fsp3) is 0.111. The van der Waals surface area contributed by atoms with E-state index in [2.05, 4.69) is 10.3 Å².